The Morgan fingerprint density at radius 1 is 0.784 bits per heavy atom. The molecule has 0 saturated heterocycles. The van der Waals surface area contributed by atoms with Crippen LogP contribution in [0.4, 0.5) is 17.6 Å². The Kier molecular flexibility index (Phi) is 9.07. The minimum Gasteiger partial charge on any atom is -0.494 e. The maximum atomic E-state index is 15.0. The van der Waals surface area contributed by atoms with Crippen LogP contribution in [0.5, 0.6) is 5.75 Å². The molecule has 0 aromatic heterocycles. The molecule has 1 nitrogen and oxygen atoms in total. The van der Waals surface area contributed by atoms with Crippen LogP contribution in [0, 0.1) is 29.2 Å². The predicted octanol–water partition coefficient (Wildman–Crippen LogP) is 9.47. The monoisotopic (exact) mass is 510 g/mol. The van der Waals surface area contributed by atoms with Crippen molar-refractivity contribution in [2.45, 2.75) is 64.7 Å². The summed E-state index contributed by atoms with van der Waals surface area (Å²) in [5.74, 6) is -3.04. The fourth-order valence-corrected chi connectivity index (χ4v) is 5.15. The molecule has 0 bridgehead atoms. The molecule has 5 heteroatoms. The fraction of sp³-hybridized carbons (Fsp3) is 0.375. The third-order valence-electron chi connectivity index (χ3n) is 7.46. The Labute approximate surface area is 217 Å². The van der Waals surface area contributed by atoms with E-state index >= 15 is 0 Å². The van der Waals surface area contributed by atoms with Crippen LogP contribution in [0.2, 0.25) is 0 Å². The molecule has 0 radical (unpaired) electrons. The van der Waals surface area contributed by atoms with Gasteiger partial charge in [-0.2, -0.15) is 4.39 Å². The van der Waals surface area contributed by atoms with Crippen LogP contribution >= 0.6 is 0 Å². The van der Waals surface area contributed by atoms with Crippen molar-refractivity contribution in [1.29, 1.82) is 0 Å². The Morgan fingerprint density at radius 2 is 1.51 bits per heavy atom. The molecule has 3 aromatic rings. The number of hydrogen-bond acceptors (Lipinski definition) is 1. The van der Waals surface area contributed by atoms with E-state index in [0.717, 1.165) is 30.4 Å². The van der Waals surface area contributed by atoms with Gasteiger partial charge >= 0.3 is 0 Å². The lowest BCUT2D eigenvalue weighted by molar-refractivity contribution is 0.372. The lowest BCUT2D eigenvalue weighted by Crippen LogP contribution is -2.08. The highest BCUT2D eigenvalue weighted by molar-refractivity contribution is 5.67. The van der Waals surface area contributed by atoms with Crippen LogP contribution in [-0.4, -0.2) is 7.11 Å². The van der Waals surface area contributed by atoms with E-state index in [0.29, 0.717) is 35.4 Å². The zero-order chi connectivity index (χ0) is 26.4. The van der Waals surface area contributed by atoms with Crippen molar-refractivity contribution < 1.29 is 22.3 Å². The number of ether oxygens (including phenoxy) is 1. The number of methoxy groups -OCH3 is 1. The van der Waals surface area contributed by atoms with Gasteiger partial charge < -0.3 is 4.74 Å². The van der Waals surface area contributed by atoms with Gasteiger partial charge in [0.15, 0.2) is 23.2 Å². The van der Waals surface area contributed by atoms with Gasteiger partial charge in [0, 0.05) is 11.1 Å². The topological polar surface area (TPSA) is 9.23 Å². The quantitative estimate of drug-likeness (QED) is 0.195. The predicted molar refractivity (Wildman–Crippen MR) is 142 cm³/mol. The number of hydrogen-bond donors (Lipinski definition) is 0. The van der Waals surface area contributed by atoms with Gasteiger partial charge in [-0.3, -0.25) is 0 Å². The smallest absolute Gasteiger partial charge is 0.201 e. The van der Waals surface area contributed by atoms with Crippen molar-refractivity contribution in [2.24, 2.45) is 5.92 Å². The van der Waals surface area contributed by atoms with Gasteiger partial charge in [-0.05, 0) is 72.4 Å². The van der Waals surface area contributed by atoms with Gasteiger partial charge in [0.25, 0.3) is 0 Å². The van der Waals surface area contributed by atoms with Crippen LogP contribution in [0.1, 0.15) is 68.6 Å². The van der Waals surface area contributed by atoms with E-state index in [1.807, 2.05) is 0 Å². The van der Waals surface area contributed by atoms with Crippen LogP contribution in [0.25, 0.3) is 16.7 Å². The van der Waals surface area contributed by atoms with Gasteiger partial charge in [0.05, 0.1) is 7.11 Å². The standard InChI is InChI=1S/C32H34F4O/c1-3-4-5-6-21-7-12-23(13-8-21)26-18-17-25(29(33)30(26)34)16-11-22-9-14-24(15-10-22)27-19-20-28(37-2)32(36)31(27)35/h9-10,12,14-15,17-21H,3-8,11,13,16H2,1-2H3. The number of aryl methyl sites for hydroxylation is 2. The summed E-state index contributed by atoms with van der Waals surface area (Å²) in [4.78, 5) is 0. The molecule has 1 unspecified atom stereocenters. The molecule has 1 aliphatic rings. The molecule has 0 saturated carbocycles. The zero-order valence-corrected chi connectivity index (χ0v) is 21.6. The zero-order valence-electron chi connectivity index (χ0n) is 21.6. The number of benzene rings is 3. The fourth-order valence-electron chi connectivity index (χ4n) is 5.15. The largest absolute Gasteiger partial charge is 0.494 e. The number of halogens is 4. The molecular formula is C32H34F4O. The van der Waals surface area contributed by atoms with E-state index in [4.69, 9.17) is 4.74 Å². The normalized spacial score (nSPS) is 15.5. The van der Waals surface area contributed by atoms with E-state index in [-0.39, 0.29) is 11.3 Å². The van der Waals surface area contributed by atoms with Crippen molar-refractivity contribution in [2.75, 3.05) is 7.11 Å². The van der Waals surface area contributed by atoms with E-state index in [9.17, 15) is 17.6 Å². The van der Waals surface area contributed by atoms with Gasteiger partial charge in [-0.25, -0.2) is 13.2 Å². The highest BCUT2D eigenvalue weighted by Crippen LogP contribution is 2.35. The SMILES string of the molecule is CCCCCC1CC=C(c2ccc(CCc3ccc(-c4ccc(OC)c(F)c4F)cc3)c(F)c2F)CC1. The van der Waals surface area contributed by atoms with Gasteiger partial charge in [-0.1, -0.05) is 75.1 Å². The second-order valence-corrected chi connectivity index (χ2v) is 9.91. The maximum Gasteiger partial charge on any atom is 0.201 e. The Morgan fingerprint density at radius 3 is 2.19 bits per heavy atom. The average Bonchev–Trinajstić information content (AvgIpc) is 2.92. The molecule has 0 aliphatic heterocycles. The highest BCUT2D eigenvalue weighted by Gasteiger charge is 2.21. The summed E-state index contributed by atoms with van der Waals surface area (Å²) in [6, 6.07) is 13.2. The Hall–Kier alpha value is -3.08. The first-order valence-electron chi connectivity index (χ1n) is 13.2. The summed E-state index contributed by atoms with van der Waals surface area (Å²) < 4.78 is 63.2. The molecule has 0 spiro atoms. The first kappa shape index (κ1) is 27.0. The lowest BCUT2D eigenvalue weighted by atomic mass is 9.83. The second kappa shape index (κ2) is 12.4. The van der Waals surface area contributed by atoms with Crippen LogP contribution in [0.15, 0.2) is 54.6 Å². The molecule has 0 fully saturated rings. The molecule has 3 aromatic carbocycles. The van der Waals surface area contributed by atoms with Gasteiger partial charge in [0.1, 0.15) is 0 Å². The number of allylic oxidation sites excluding steroid dienone is 2. The van der Waals surface area contributed by atoms with Crippen molar-refractivity contribution in [1.82, 2.24) is 0 Å². The van der Waals surface area contributed by atoms with Crippen LogP contribution < -0.4 is 4.74 Å². The summed E-state index contributed by atoms with van der Waals surface area (Å²) in [7, 11) is 1.28. The molecule has 1 atom stereocenters. The van der Waals surface area contributed by atoms with E-state index in [2.05, 4.69) is 13.0 Å². The maximum absolute atomic E-state index is 15.0. The molecule has 196 valence electrons. The number of rotatable bonds is 10. The highest BCUT2D eigenvalue weighted by atomic mass is 19.2. The first-order valence-corrected chi connectivity index (χ1v) is 13.2. The number of unbranched alkanes of at least 4 members (excludes halogenated alkanes) is 2. The van der Waals surface area contributed by atoms with Crippen molar-refractivity contribution in [3.63, 3.8) is 0 Å². The lowest BCUT2D eigenvalue weighted by Gasteiger charge is -2.22. The third-order valence-corrected chi connectivity index (χ3v) is 7.46. The summed E-state index contributed by atoms with van der Waals surface area (Å²) in [5, 5.41) is 0. The van der Waals surface area contributed by atoms with E-state index in [1.54, 1.807) is 36.4 Å². The second-order valence-electron chi connectivity index (χ2n) is 9.91. The van der Waals surface area contributed by atoms with Crippen molar-refractivity contribution >= 4 is 5.57 Å². The van der Waals surface area contributed by atoms with Crippen LogP contribution in [0.3, 0.4) is 0 Å². The Bertz CT molecular complexity index is 1250. The molecule has 0 heterocycles. The minimum absolute atomic E-state index is 0.137. The molecular weight excluding hydrogens is 476 g/mol. The summed E-state index contributed by atoms with van der Waals surface area (Å²) in [6.45, 7) is 2.20. The molecule has 37 heavy (non-hydrogen) atoms. The minimum atomic E-state index is -1.03. The van der Waals surface area contributed by atoms with Gasteiger partial charge in [0.2, 0.25) is 5.82 Å². The average molecular weight is 511 g/mol. The molecule has 4 rings (SSSR count). The summed E-state index contributed by atoms with van der Waals surface area (Å²) in [6.07, 6.45) is 10.6. The first-order chi connectivity index (χ1) is 17.9. The molecule has 0 amide bonds. The third kappa shape index (κ3) is 6.26. The molecule has 1 aliphatic carbocycles. The van der Waals surface area contributed by atoms with Crippen LogP contribution in [-0.2, 0) is 12.8 Å². The van der Waals surface area contributed by atoms with E-state index < -0.39 is 23.3 Å². The summed E-state index contributed by atoms with van der Waals surface area (Å²) in [5.41, 5.74) is 3.18. The van der Waals surface area contributed by atoms with Gasteiger partial charge in [-0.15, -0.1) is 0 Å². The van der Waals surface area contributed by atoms with Crippen molar-refractivity contribution in [3.8, 4) is 16.9 Å². The summed E-state index contributed by atoms with van der Waals surface area (Å²) >= 11 is 0. The Balaban J connectivity index is 1.40. The van der Waals surface area contributed by atoms with Crippen molar-refractivity contribution in [3.05, 3.63) is 94.6 Å². The molecule has 0 N–H and O–H groups in total. The van der Waals surface area contributed by atoms with E-state index in [1.165, 1.54) is 44.9 Å².